The molecule has 0 atom stereocenters. The molecule has 0 aliphatic rings. The van der Waals surface area contributed by atoms with E-state index < -0.39 is 11.9 Å². The summed E-state index contributed by atoms with van der Waals surface area (Å²) < 4.78 is 10.00. The van der Waals surface area contributed by atoms with Crippen LogP contribution in [-0.4, -0.2) is 30.8 Å². The average Bonchev–Trinajstić information content (AvgIpc) is 2.29. The molecule has 1 N–H and O–H groups in total. The Morgan fingerprint density at radius 3 is 2.29 bits per heavy atom. The number of ether oxygens (including phenoxy) is 2. The molecule has 0 unspecified atom stereocenters. The van der Waals surface area contributed by atoms with Crippen molar-refractivity contribution in [3.05, 3.63) is 11.3 Å². The van der Waals surface area contributed by atoms with Gasteiger partial charge >= 0.3 is 11.9 Å². The van der Waals surface area contributed by atoms with Crippen LogP contribution in [0.4, 0.5) is 0 Å². The second-order valence-corrected chi connectivity index (χ2v) is 3.52. The van der Waals surface area contributed by atoms with Crippen LogP contribution < -0.4 is 0 Å². The molecule has 0 amide bonds. The van der Waals surface area contributed by atoms with Gasteiger partial charge in [-0.15, -0.1) is 0 Å². The van der Waals surface area contributed by atoms with Gasteiger partial charge in [0.25, 0.3) is 0 Å². The van der Waals surface area contributed by atoms with E-state index in [1.165, 1.54) is 7.11 Å². The third-order valence-electron chi connectivity index (χ3n) is 2.21. The first-order chi connectivity index (χ1) is 8.06. The van der Waals surface area contributed by atoms with Crippen molar-refractivity contribution in [2.75, 3.05) is 13.7 Å². The molecule has 17 heavy (non-hydrogen) atoms. The van der Waals surface area contributed by atoms with Gasteiger partial charge in [-0.3, -0.25) is 4.79 Å². The van der Waals surface area contributed by atoms with Crippen LogP contribution in [0.2, 0.25) is 0 Å². The van der Waals surface area contributed by atoms with Crippen molar-refractivity contribution in [1.82, 2.24) is 0 Å². The summed E-state index contributed by atoms with van der Waals surface area (Å²) in [5.74, 6) is -1.30. The van der Waals surface area contributed by atoms with Crippen LogP contribution in [0.5, 0.6) is 0 Å². The highest BCUT2D eigenvalue weighted by molar-refractivity contribution is 5.93. The maximum atomic E-state index is 11.7. The van der Waals surface area contributed by atoms with Gasteiger partial charge in [-0.1, -0.05) is 20.3 Å². The number of unbranched alkanes of at least 4 members (excludes halogenated alkanes) is 1. The summed E-state index contributed by atoms with van der Waals surface area (Å²) in [6, 6.07) is 0. The first kappa shape index (κ1) is 15.5. The second kappa shape index (κ2) is 8.61. The lowest BCUT2D eigenvalue weighted by atomic mass is 10.1. The minimum Gasteiger partial charge on any atom is -0.501 e. The van der Waals surface area contributed by atoms with Crippen molar-refractivity contribution in [1.29, 1.82) is 0 Å². The fourth-order valence-corrected chi connectivity index (χ4v) is 1.31. The number of hydrogen-bond donors (Lipinski definition) is 1. The third-order valence-corrected chi connectivity index (χ3v) is 2.21. The van der Waals surface area contributed by atoms with E-state index in [2.05, 4.69) is 0 Å². The number of rotatable bonds is 8. The monoisotopic (exact) mass is 244 g/mol. The summed E-state index contributed by atoms with van der Waals surface area (Å²) in [7, 11) is 1.42. The fraction of sp³-hybridized carbons (Fsp3) is 0.667. The van der Waals surface area contributed by atoms with Crippen LogP contribution in [0.15, 0.2) is 11.3 Å². The largest absolute Gasteiger partial charge is 0.501 e. The molecular weight excluding hydrogens is 224 g/mol. The summed E-state index contributed by atoms with van der Waals surface area (Å²) in [4.78, 5) is 22.4. The molecule has 5 heteroatoms. The molecule has 0 saturated heterocycles. The first-order valence-electron chi connectivity index (χ1n) is 5.71. The number of carbonyl (C=O) groups excluding carboxylic acids is 1. The van der Waals surface area contributed by atoms with Gasteiger partial charge in [-0.2, -0.15) is 0 Å². The zero-order valence-electron chi connectivity index (χ0n) is 10.6. The van der Waals surface area contributed by atoms with E-state index in [9.17, 15) is 9.59 Å². The Balaban J connectivity index is 4.73. The zero-order valence-corrected chi connectivity index (χ0v) is 10.6. The van der Waals surface area contributed by atoms with E-state index in [1.807, 2.05) is 6.92 Å². The Labute approximate surface area is 101 Å². The molecule has 0 spiro atoms. The smallest absolute Gasteiger partial charge is 0.338 e. The number of allylic oxidation sites excluding steroid dienone is 1. The molecule has 0 aliphatic heterocycles. The minimum absolute atomic E-state index is 0.0959. The summed E-state index contributed by atoms with van der Waals surface area (Å²) >= 11 is 0. The van der Waals surface area contributed by atoms with Crippen molar-refractivity contribution in [2.45, 2.75) is 39.5 Å². The van der Waals surface area contributed by atoms with Crippen molar-refractivity contribution >= 4 is 11.9 Å². The summed E-state index contributed by atoms with van der Waals surface area (Å²) in [6.07, 6.45) is 1.76. The summed E-state index contributed by atoms with van der Waals surface area (Å²) in [5, 5.41) is 8.75. The molecule has 0 fully saturated rings. The maximum Gasteiger partial charge on any atom is 0.338 e. The summed E-state index contributed by atoms with van der Waals surface area (Å²) in [5.41, 5.74) is 0.0959. The maximum absolute atomic E-state index is 11.7. The molecule has 5 nitrogen and oxygen atoms in total. The van der Waals surface area contributed by atoms with Crippen LogP contribution in [0.3, 0.4) is 0 Å². The second-order valence-electron chi connectivity index (χ2n) is 3.52. The number of aliphatic carboxylic acids is 1. The molecule has 98 valence electrons. The van der Waals surface area contributed by atoms with Gasteiger partial charge in [0.15, 0.2) is 0 Å². The SMILES string of the molecule is CCCCOC(=O)C(CC(=O)O)=C(CC)OC. The van der Waals surface area contributed by atoms with Gasteiger partial charge in [0, 0.05) is 6.42 Å². The van der Waals surface area contributed by atoms with E-state index in [0.29, 0.717) is 18.8 Å². The van der Waals surface area contributed by atoms with Gasteiger partial charge < -0.3 is 14.6 Å². The highest BCUT2D eigenvalue weighted by atomic mass is 16.5. The molecule has 0 bridgehead atoms. The van der Waals surface area contributed by atoms with Crippen molar-refractivity contribution in [3.8, 4) is 0 Å². The van der Waals surface area contributed by atoms with Crippen molar-refractivity contribution in [2.24, 2.45) is 0 Å². The van der Waals surface area contributed by atoms with E-state index in [1.54, 1.807) is 6.92 Å². The standard InChI is InChI=1S/C12H20O5/c1-4-6-7-17-12(15)9(8-11(13)14)10(5-2)16-3/h4-8H2,1-3H3,(H,13,14). The van der Waals surface area contributed by atoms with Gasteiger partial charge in [0.05, 0.1) is 25.7 Å². The molecule has 0 radical (unpaired) electrons. The minimum atomic E-state index is -1.07. The van der Waals surface area contributed by atoms with Gasteiger partial charge in [0.2, 0.25) is 0 Å². The highest BCUT2D eigenvalue weighted by Crippen LogP contribution is 2.15. The predicted octanol–water partition coefficient (Wildman–Crippen LogP) is 2.11. The Morgan fingerprint density at radius 1 is 1.24 bits per heavy atom. The van der Waals surface area contributed by atoms with Gasteiger partial charge in [-0.05, 0) is 6.42 Å². The molecule has 0 aromatic rings. The molecule has 0 aliphatic carbocycles. The number of methoxy groups -OCH3 is 1. The number of hydrogen-bond acceptors (Lipinski definition) is 4. The van der Waals surface area contributed by atoms with Crippen molar-refractivity contribution in [3.63, 3.8) is 0 Å². The zero-order chi connectivity index (χ0) is 13.3. The number of esters is 1. The van der Waals surface area contributed by atoms with Gasteiger partial charge in [0.1, 0.15) is 5.76 Å². The van der Waals surface area contributed by atoms with Crippen LogP contribution in [0.1, 0.15) is 39.5 Å². The molecule has 0 aromatic heterocycles. The molecule has 0 rings (SSSR count). The molecule has 0 saturated carbocycles. The fourth-order valence-electron chi connectivity index (χ4n) is 1.31. The predicted molar refractivity (Wildman–Crippen MR) is 62.4 cm³/mol. The Hall–Kier alpha value is -1.52. The highest BCUT2D eigenvalue weighted by Gasteiger charge is 2.19. The number of carbonyl (C=O) groups is 2. The molecular formula is C12H20O5. The lowest BCUT2D eigenvalue weighted by Crippen LogP contribution is -2.15. The molecule has 0 aromatic carbocycles. The number of carboxylic acid groups (broad SMARTS) is 1. The molecule has 0 heterocycles. The Kier molecular flexibility index (Phi) is 7.84. The summed E-state index contributed by atoms with van der Waals surface area (Å²) in [6.45, 7) is 4.08. The lowest BCUT2D eigenvalue weighted by molar-refractivity contribution is -0.143. The van der Waals surface area contributed by atoms with E-state index in [4.69, 9.17) is 14.6 Å². The van der Waals surface area contributed by atoms with Gasteiger partial charge in [-0.25, -0.2) is 4.79 Å². The van der Waals surface area contributed by atoms with Crippen molar-refractivity contribution < 1.29 is 24.2 Å². The van der Waals surface area contributed by atoms with Crippen LogP contribution in [0.25, 0.3) is 0 Å². The normalized spacial score (nSPS) is 11.7. The van der Waals surface area contributed by atoms with Crippen LogP contribution >= 0.6 is 0 Å². The average molecular weight is 244 g/mol. The Bertz CT molecular complexity index is 287. The first-order valence-corrected chi connectivity index (χ1v) is 5.71. The quantitative estimate of drug-likeness (QED) is 0.306. The van der Waals surface area contributed by atoms with E-state index >= 15 is 0 Å². The number of carboxylic acids is 1. The van der Waals surface area contributed by atoms with Crippen LogP contribution in [0, 0.1) is 0 Å². The Morgan fingerprint density at radius 2 is 1.88 bits per heavy atom. The van der Waals surface area contributed by atoms with E-state index in [0.717, 1.165) is 12.8 Å². The third kappa shape index (κ3) is 5.94. The topological polar surface area (TPSA) is 72.8 Å². The van der Waals surface area contributed by atoms with E-state index in [-0.39, 0.29) is 12.0 Å². The van der Waals surface area contributed by atoms with Crippen LogP contribution in [-0.2, 0) is 19.1 Å². The lowest BCUT2D eigenvalue weighted by Gasteiger charge is -2.11.